The molecule has 118 valence electrons. The van der Waals surface area contributed by atoms with Crippen LogP contribution in [0.2, 0.25) is 0 Å². The van der Waals surface area contributed by atoms with Crippen LogP contribution in [0.5, 0.6) is 5.75 Å². The Morgan fingerprint density at radius 3 is 2.92 bits per heavy atom. The van der Waals surface area contributed by atoms with Crippen molar-refractivity contribution in [2.24, 2.45) is 5.10 Å². The maximum absolute atomic E-state index is 12.0. The second kappa shape index (κ2) is 6.67. The van der Waals surface area contributed by atoms with Gasteiger partial charge in [-0.3, -0.25) is 4.79 Å². The Morgan fingerprint density at radius 2 is 2.12 bits per heavy atom. The summed E-state index contributed by atoms with van der Waals surface area (Å²) in [6.45, 7) is 0.240. The number of carbonyl (C=O) groups is 1. The van der Waals surface area contributed by atoms with Crippen LogP contribution in [-0.2, 0) is 6.54 Å². The molecule has 0 spiro atoms. The molecule has 0 aliphatic rings. The molecule has 1 amide bonds. The van der Waals surface area contributed by atoms with Gasteiger partial charge in [-0.25, -0.2) is 5.43 Å². The van der Waals surface area contributed by atoms with Gasteiger partial charge in [-0.15, -0.1) is 0 Å². The number of nitrogens with one attached hydrogen (secondary N) is 1. The van der Waals surface area contributed by atoms with Crippen molar-refractivity contribution in [3.63, 3.8) is 0 Å². The molecule has 1 heterocycles. The Hall–Kier alpha value is -3.59. The minimum Gasteiger partial charge on any atom is -0.508 e. The molecule has 0 bridgehead atoms. The number of hydrogen-bond donors (Lipinski definition) is 2. The van der Waals surface area contributed by atoms with E-state index in [0.717, 1.165) is 16.5 Å². The van der Waals surface area contributed by atoms with E-state index in [1.54, 1.807) is 12.1 Å². The molecular weight excluding hydrogens is 304 g/mol. The fourth-order valence-corrected chi connectivity index (χ4v) is 2.46. The van der Waals surface area contributed by atoms with Crippen LogP contribution < -0.4 is 5.43 Å². The quantitative estimate of drug-likeness (QED) is 0.572. The van der Waals surface area contributed by atoms with E-state index in [2.05, 4.69) is 16.6 Å². The van der Waals surface area contributed by atoms with Gasteiger partial charge in [-0.1, -0.05) is 24.3 Å². The molecule has 0 radical (unpaired) electrons. The first kappa shape index (κ1) is 15.3. The van der Waals surface area contributed by atoms with Crippen molar-refractivity contribution in [3.05, 3.63) is 65.9 Å². The van der Waals surface area contributed by atoms with Gasteiger partial charge in [0.05, 0.1) is 12.3 Å². The summed E-state index contributed by atoms with van der Waals surface area (Å²) >= 11 is 0. The molecule has 0 atom stereocenters. The topological polar surface area (TPSA) is 90.4 Å². The average molecular weight is 318 g/mol. The van der Waals surface area contributed by atoms with Crippen LogP contribution in [0.1, 0.15) is 15.9 Å². The molecule has 1 aromatic heterocycles. The van der Waals surface area contributed by atoms with Gasteiger partial charge in [0.2, 0.25) is 0 Å². The highest BCUT2D eigenvalue weighted by Gasteiger charge is 2.07. The van der Waals surface area contributed by atoms with E-state index in [0.29, 0.717) is 5.56 Å². The second-order valence-electron chi connectivity index (χ2n) is 5.14. The molecule has 0 aliphatic carbocycles. The standard InChI is InChI=1S/C18H14N4O2/c19-8-9-22-12-14(16-6-1-2-7-17(16)22)11-20-21-18(24)13-4-3-5-15(23)10-13/h1-7,10-12,23H,9H2,(H,21,24)/b20-11+. The molecule has 3 rings (SSSR count). The molecule has 0 fully saturated rings. The first-order valence-electron chi connectivity index (χ1n) is 7.26. The second-order valence-corrected chi connectivity index (χ2v) is 5.14. The number of hydrogen-bond acceptors (Lipinski definition) is 4. The first-order chi connectivity index (χ1) is 11.7. The van der Waals surface area contributed by atoms with Crippen molar-refractivity contribution in [1.29, 1.82) is 5.26 Å². The van der Waals surface area contributed by atoms with Crippen molar-refractivity contribution < 1.29 is 9.90 Å². The van der Waals surface area contributed by atoms with E-state index < -0.39 is 5.91 Å². The zero-order valence-corrected chi connectivity index (χ0v) is 12.7. The fourth-order valence-electron chi connectivity index (χ4n) is 2.46. The average Bonchev–Trinajstić information content (AvgIpc) is 2.93. The Balaban J connectivity index is 1.81. The summed E-state index contributed by atoms with van der Waals surface area (Å²) in [6, 6.07) is 15.8. The van der Waals surface area contributed by atoms with Gasteiger partial charge in [-0.05, 0) is 24.3 Å². The number of aromatic hydroxyl groups is 1. The summed E-state index contributed by atoms with van der Waals surface area (Å²) in [5, 5.41) is 23.2. The van der Waals surface area contributed by atoms with Crippen LogP contribution in [0.3, 0.4) is 0 Å². The van der Waals surface area contributed by atoms with E-state index in [9.17, 15) is 9.90 Å². The minimum absolute atomic E-state index is 0.0196. The van der Waals surface area contributed by atoms with Crippen molar-refractivity contribution in [2.75, 3.05) is 0 Å². The number of nitriles is 1. The number of aromatic nitrogens is 1. The predicted octanol–water partition coefficient (Wildman–Crippen LogP) is 2.63. The maximum Gasteiger partial charge on any atom is 0.271 e. The molecule has 24 heavy (non-hydrogen) atoms. The highest BCUT2D eigenvalue weighted by Crippen LogP contribution is 2.19. The number of fused-ring (bicyclic) bond motifs is 1. The number of para-hydroxylation sites is 1. The largest absolute Gasteiger partial charge is 0.508 e. The number of amides is 1. The molecule has 3 aromatic rings. The lowest BCUT2D eigenvalue weighted by Crippen LogP contribution is -2.17. The van der Waals surface area contributed by atoms with E-state index in [-0.39, 0.29) is 12.3 Å². The predicted molar refractivity (Wildman–Crippen MR) is 90.7 cm³/mol. The molecule has 0 saturated carbocycles. The molecule has 0 saturated heterocycles. The van der Waals surface area contributed by atoms with Gasteiger partial charge in [0.15, 0.2) is 0 Å². The van der Waals surface area contributed by atoms with Gasteiger partial charge in [-0.2, -0.15) is 10.4 Å². The number of nitrogens with zero attached hydrogens (tertiary/aromatic N) is 3. The summed E-state index contributed by atoms with van der Waals surface area (Å²) in [6.07, 6.45) is 3.36. The Morgan fingerprint density at radius 1 is 1.29 bits per heavy atom. The molecule has 6 heteroatoms. The van der Waals surface area contributed by atoms with Crippen LogP contribution >= 0.6 is 0 Å². The van der Waals surface area contributed by atoms with Crippen molar-refractivity contribution in [2.45, 2.75) is 6.54 Å². The van der Waals surface area contributed by atoms with E-state index >= 15 is 0 Å². The van der Waals surface area contributed by atoms with Crippen LogP contribution in [0.25, 0.3) is 10.9 Å². The highest BCUT2D eigenvalue weighted by molar-refractivity contribution is 6.00. The summed E-state index contributed by atoms with van der Waals surface area (Å²) < 4.78 is 1.83. The lowest BCUT2D eigenvalue weighted by atomic mass is 10.2. The number of phenols is 1. The zero-order valence-electron chi connectivity index (χ0n) is 12.7. The fraction of sp³-hybridized carbons (Fsp3) is 0.0556. The zero-order chi connectivity index (χ0) is 16.9. The van der Waals surface area contributed by atoms with Crippen LogP contribution in [-0.4, -0.2) is 21.8 Å². The van der Waals surface area contributed by atoms with Crippen LogP contribution in [0.4, 0.5) is 0 Å². The lowest BCUT2D eigenvalue weighted by molar-refractivity contribution is 0.0954. The number of hydrazone groups is 1. The molecular formula is C18H14N4O2. The third kappa shape index (κ3) is 3.10. The molecule has 6 nitrogen and oxygen atoms in total. The van der Waals surface area contributed by atoms with Gasteiger partial charge in [0.1, 0.15) is 12.3 Å². The summed E-state index contributed by atoms with van der Waals surface area (Å²) in [5.74, 6) is -0.394. The first-order valence-corrected chi connectivity index (χ1v) is 7.26. The molecule has 2 N–H and O–H groups in total. The van der Waals surface area contributed by atoms with Gasteiger partial charge < -0.3 is 9.67 Å². The molecule has 0 unspecified atom stereocenters. The monoisotopic (exact) mass is 318 g/mol. The van der Waals surface area contributed by atoms with Gasteiger partial charge >= 0.3 is 0 Å². The van der Waals surface area contributed by atoms with Crippen molar-refractivity contribution in [1.82, 2.24) is 9.99 Å². The van der Waals surface area contributed by atoms with Crippen molar-refractivity contribution in [3.8, 4) is 11.8 Å². The summed E-state index contributed by atoms with van der Waals surface area (Å²) in [7, 11) is 0. The summed E-state index contributed by atoms with van der Waals surface area (Å²) in [5.41, 5.74) is 4.48. The smallest absolute Gasteiger partial charge is 0.271 e. The van der Waals surface area contributed by atoms with Gasteiger partial charge in [0.25, 0.3) is 5.91 Å². The maximum atomic E-state index is 12.0. The van der Waals surface area contributed by atoms with E-state index in [1.807, 2.05) is 35.0 Å². The SMILES string of the molecule is N#CCn1cc(/C=N/NC(=O)c2cccc(O)c2)c2ccccc21. The third-order valence-corrected chi connectivity index (χ3v) is 3.54. The minimum atomic E-state index is -0.414. The number of phenolic OH excluding ortho intramolecular Hbond substituents is 1. The number of carbonyl (C=O) groups excluding carboxylic acids is 1. The summed E-state index contributed by atoms with van der Waals surface area (Å²) in [4.78, 5) is 12.0. The van der Waals surface area contributed by atoms with Crippen LogP contribution in [0.15, 0.2) is 59.8 Å². The molecule has 0 aliphatic heterocycles. The Kier molecular flexibility index (Phi) is 4.25. The van der Waals surface area contributed by atoms with E-state index in [4.69, 9.17) is 5.26 Å². The number of rotatable bonds is 4. The lowest BCUT2D eigenvalue weighted by Gasteiger charge is -1.99. The highest BCUT2D eigenvalue weighted by atomic mass is 16.3. The van der Waals surface area contributed by atoms with E-state index in [1.165, 1.54) is 18.3 Å². The Labute approximate surface area is 138 Å². The van der Waals surface area contributed by atoms with Crippen molar-refractivity contribution >= 4 is 23.0 Å². The third-order valence-electron chi connectivity index (χ3n) is 3.54. The normalized spacial score (nSPS) is 10.8. The van der Waals surface area contributed by atoms with Gasteiger partial charge in [0, 0.05) is 28.2 Å². The Bertz CT molecular complexity index is 967. The molecule has 2 aromatic carbocycles. The van der Waals surface area contributed by atoms with Crippen LogP contribution in [0, 0.1) is 11.3 Å². The number of benzene rings is 2.